The molecule has 0 N–H and O–H groups in total. The summed E-state index contributed by atoms with van der Waals surface area (Å²) < 4.78 is -0.0267. The average Bonchev–Trinajstić information content (AvgIpc) is 2.27. The molecule has 0 unspecified atom stereocenters. The number of hydrogen-bond donors (Lipinski definition) is 2. The quantitative estimate of drug-likeness (QED) is 0.259. The minimum atomic E-state index is -0.0267. The van der Waals surface area contributed by atoms with E-state index < -0.39 is 0 Å². The van der Waals surface area contributed by atoms with Crippen molar-refractivity contribution < 1.29 is 0 Å². The van der Waals surface area contributed by atoms with Gasteiger partial charge in [0.15, 0.2) is 0 Å². The second-order valence-electron chi connectivity index (χ2n) is 4.91. The monoisotopic (exact) mass is 262 g/mol. The highest BCUT2D eigenvalue weighted by Crippen LogP contribution is 2.30. The van der Waals surface area contributed by atoms with Crippen LogP contribution < -0.4 is 0 Å². The first kappa shape index (κ1) is 16.7. The summed E-state index contributed by atoms with van der Waals surface area (Å²) in [4.78, 5) is 0. The Balaban J connectivity index is 3.10. The van der Waals surface area contributed by atoms with Crippen LogP contribution >= 0.6 is 25.3 Å². The van der Waals surface area contributed by atoms with Crippen molar-refractivity contribution in [3.8, 4) is 0 Å². The first-order chi connectivity index (χ1) is 7.62. The fourth-order valence-electron chi connectivity index (χ4n) is 1.90. The van der Waals surface area contributed by atoms with E-state index >= 15 is 0 Å². The van der Waals surface area contributed by atoms with Crippen molar-refractivity contribution >= 4 is 25.3 Å². The van der Waals surface area contributed by atoms with E-state index in [1.807, 2.05) is 0 Å². The summed E-state index contributed by atoms with van der Waals surface area (Å²) >= 11 is 9.07. The zero-order valence-corrected chi connectivity index (χ0v) is 13.0. The lowest BCUT2D eigenvalue weighted by atomic mass is 10.1. The first-order valence-electron chi connectivity index (χ1n) is 7.07. The molecule has 2 heteroatoms. The number of hydrogen-bond acceptors (Lipinski definition) is 2. The lowest BCUT2D eigenvalue weighted by Gasteiger charge is -2.19. The Kier molecular flexibility index (Phi) is 11.3. The predicted molar refractivity (Wildman–Crippen MR) is 82.8 cm³/mol. The van der Waals surface area contributed by atoms with Gasteiger partial charge in [-0.05, 0) is 12.8 Å². The lowest BCUT2D eigenvalue weighted by Crippen LogP contribution is -2.10. The molecule has 0 aliphatic rings. The van der Waals surface area contributed by atoms with Crippen LogP contribution in [0.2, 0.25) is 0 Å². The largest absolute Gasteiger partial charge is 0.162 e. The first-order valence-corrected chi connectivity index (χ1v) is 7.96. The van der Waals surface area contributed by atoms with Crippen LogP contribution in [0.1, 0.15) is 84.5 Å². The van der Waals surface area contributed by atoms with E-state index in [0.717, 1.165) is 12.8 Å². The van der Waals surface area contributed by atoms with E-state index in [1.54, 1.807) is 0 Å². The molecule has 0 radical (unpaired) electrons. The zero-order chi connectivity index (χ0) is 12.3. The van der Waals surface area contributed by atoms with Gasteiger partial charge in [0.05, 0.1) is 4.08 Å². The smallest absolute Gasteiger partial charge is 0.0549 e. The molecule has 0 atom stereocenters. The molecule has 0 spiro atoms. The highest BCUT2D eigenvalue weighted by atomic mass is 32.2. The second-order valence-corrected chi connectivity index (χ2v) is 6.98. The van der Waals surface area contributed by atoms with Gasteiger partial charge in [-0.25, -0.2) is 0 Å². The van der Waals surface area contributed by atoms with Crippen LogP contribution in [0.5, 0.6) is 0 Å². The minimum absolute atomic E-state index is 0.0267. The van der Waals surface area contributed by atoms with Crippen molar-refractivity contribution in [2.75, 3.05) is 0 Å². The molecule has 0 amide bonds. The Bertz CT molecular complexity index is 144. The van der Waals surface area contributed by atoms with Crippen LogP contribution in [0.25, 0.3) is 0 Å². The molecule has 0 aliphatic heterocycles. The predicted octanol–water partition coefficient (Wildman–Crippen LogP) is 5.87. The van der Waals surface area contributed by atoms with E-state index in [2.05, 4.69) is 39.1 Å². The molecule has 0 aromatic heterocycles. The van der Waals surface area contributed by atoms with E-state index in [0.29, 0.717) is 0 Å². The Morgan fingerprint density at radius 2 is 1.12 bits per heavy atom. The Morgan fingerprint density at radius 1 is 0.688 bits per heavy atom. The van der Waals surface area contributed by atoms with Crippen molar-refractivity contribution in [2.24, 2.45) is 0 Å². The van der Waals surface area contributed by atoms with Gasteiger partial charge in [0.2, 0.25) is 0 Å². The molecule has 0 fully saturated rings. The third-order valence-electron chi connectivity index (χ3n) is 3.25. The fraction of sp³-hybridized carbons (Fsp3) is 1.00. The normalized spacial score (nSPS) is 12.0. The molecule has 0 heterocycles. The van der Waals surface area contributed by atoms with Crippen LogP contribution in [0.3, 0.4) is 0 Å². The molecule has 0 nitrogen and oxygen atoms in total. The Hall–Kier alpha value is 0.700. The van der Waals surface area contributed by atoms with E-state index in [1.165, 1.54) is 57.8 Å². The second kappa shape index (κ2) is 10.8. The molecule has 0 aromatic rings. The minimum Gasteiger partial charge on any atom is -0.162 e. The van der Waals surface area contributed by atoms with Gasteiger partial charge < -0.3 is 0 Å². The standard InChI is InChI=1S/C14H30S2/c1-3-5-6-7-8-9-10-11-12-13-14(15,16)4-2/h15-16H,3-13H2,1-2H3. The van der Waals surface area contributed by atoms with Gasteiger partial charge in [-0.1, -0.05) is 71.6 Å². The van der Waals surface area contributed by atoms with Crippen molar-refractivity contribution in [1.29, 1.82) is 0 Å². The molecule has 0 rings (SSSR count). The topological polar surface area (TPSA) is 0 Å². The van der Waals surface area contributed by atoms with Crippen LogP contribution in [0, 0.1) is 0 Å². The van der Waals surface area contributed by atoms with Crippen molar-refractivity contribution in [3.05, 3.63) is 0 Å². The van der Waals surface area contributed by atoms with Crippen molar-refractivity contribution in [1.82, 2.24) is 0 Å². The van der Waals surface area contributed by atoms with Gasteiger partial charge in [0.25, 0.3) is 0 Å². The molecule has 0 saturated heterocycles. The molecule has 98 valence electrons. The van der Waals surface area contributed by atoms with Crippen LogP contribution in [-0.4, -0.2) is 4.08 Å². The maximum absolute atomic E-state index is 4.53. The summed E-state index contributed by atoms with van der Waals surface area (Å²) in [5, 5.41) is 0. The van der Waals surface area contributed by atoms with Crippen LogP contribution in [0.15, 0.2) is 0 Å². The van der Waals surface area contributed by atoms with E-state index in [-0.39, 0.29) is 4.08 Å². The molecule has 0 aliphatic carbocycles. The van der Waals surface area contributed by atoms with Gasteiger partial charge in [0, 0.05) is 0 Å². The third kappa shape index (κ3) is 11.2. The fourth-order valence-corrected chi connectivity index (χ4v) is 2.21. The Labute approximate surface area is 114 Å². The van der Waals surface area contributed by atoms with Gasteiger partial charge in [-0.15, -0.1) is 0 Å². The van der Waals surface area contributed by atoms with Gasteiger partial charge in [-0.2, -0.15) is 25.3 Å². The van der Waals surface area contributed by atoms with Crippen molar-refractivity contribution in [3.63, 3.8) is 0 Å². The van der Waals surface area contributed by atoms with Crippen molar-refractivity contribution in [2.45, 2.75) is 88.6 Å². The zero-order valence-electron chi connectivity index (χ0n) is 11.2. The van der Waals surface area contributed by atoms with E-state index in [9.17, 15) is 0 Å². The molecular weight excluding hydrogens is 232 g/mol. The third-order valence-corrected chi connectivity index (χ3v) is 4.33. The highest BCUT2D eigenvalue weighted by Gasteiger charge is 2.15. The molecular formula is C14H30S2. The summed E-state index contributed by atoms with van der Waals surface area (Å²) in [6, 6.07) is 0. The van der Waals surface area contributed by atoms with Gasteiger partial charge in [0.1, 0.15) is 0 Å². The number of unbranched alkanes of at least 4 members (excludes halogenated alkanes) is 8. The summed E-state index contributed by atoms with van der Waals surface area (Å²) in [6.07, 6.45) is 14.7. The molecule has 0 saturated carbocycles. The summed E-state index contributed by atoms with van der Waals surface area (Å²) in [7, 11) is 0. The SMILES string of the molecule is CCCCCCCCCCCC(S)(S)CC. The van der Waals surface area contributed by atoms with Gasteiger partial charge >= 0.3 is 0 Å². The summed E-state index contributed by atoms with van der Waals surface area (Å²) in [5.41, 5.74) is 0. The highest BCUT2D eigenvalue weighted by molar-refractivity contribution is 8.00. The number of rotatable bonds is 11. The van der Waals surface area contributed by atoms with E-state index in [4.69, 9.17) is 0 Å². The maximum atomic E-state index is 4.53. The average molecular weight is 263 g/mol. The van der Waals surface area contributed by atoms with Gasteiger partial charge in [-0.3, -0.25) is 0 Å². The summed E-state index contributed by atoms with van der Waals surface area (Å²) in [6.45, 7) is 4.43. The molecule has 16 heavy (non-hydrogen) atoms. The molecule has 0 bridgehead atoms. The number of thiol groups is 2. The van der Waals surface area contributed by atoms with Crippen LogP contribution in [0.4, 0.5) is 0 Å². The maximum Gasteiger partial charge on any atom is 0.0549 e. The summed E-state index contributed by atoms with van der Waals surface area (Å²) in [5.74, 6) is 0. The Morgan fingerprint density at radius 3 is 1.56 bits per heavy atom. The molecule has 0 aromatic carbocycles. The van der Waals surface area contributed by atoms with Crippen LogP contribution in [-0.2, 0) is 0 Å². The lowest BCUT2D eigenvalue weighted by molar-refractivity contribution is 0.545.